The molecule has 142 valence electrons. The molecule has 2 aliphatic rings. The summed E-state index contributed by atoms with van der Waals surface area (Å²) in [6.07, 6.45) is -1.17. The number of morpholine rings is 1. The third-order valence-corrected chi connectivity index (χ3v) is 4.57. The topological polar surface area (TPSA) is 71.1 Å². The van der Waals surface area contributed by atoms with Crippen LogP contribution >= 0.6 is 23.2 Å². The minimum absolute atomic E-state index is 0.0748. The Kier molecular flexibility index (Phi) is 6.05. The highest BCUT2D eigenvalue weighted by Crippen LogP contribution is 2.28. The van der Waals surface area contributed by atoms with Crippen LogP contribution in [0.1, 0.15) is 0 Å². The predicted molar refractivity (Wildman–Crippen MR) is 95.6 cm³/mol. The van der Waals surface area contributed by atoms with Crippen molar-refractivity contribution in [3.63, 3.8) is 0 Å². The highest BCUT2D eigenvalue weighted by atomic mass is 35.5. The van der Waals surface area contributed by atoms with Crippen LogP contribution in [0.15, 0.2) is 18.2 Å². The first kappa shape index (κ1) is 19.0. The zero-order valence-corrected chi connectivity index (χ0v) is 15.3. The summed E-state index contributed by atoms with van der Waals surface area (Å²) in [5.74, 6) is -0.982. The van der Waals surface area contributed by atoms with Gasteiger partial charge in [0, 0.05) is 13.1 Å². The molecule has 10 heteroatoms. The predicted octanol–water partition coefficient (Wildman–Crippen LogP) is 1.91. The lowest BCUT2D eigenvalue weighted by Gasteiger charge is -2.29. The monoisotopic (exact) mass is 405 g/mol. The van der Waals surface area contributed by atoms with Crippen LogP contribution in [0.5, 0.6) is 0 Å². The number of hydrogen-bond donors (Lipinski definition) is 1. The number of halogens is 3. The Morgan fingerprint density at radius 2 is 2.08 bits per heavy atom. The minimum atomic E-state index is -1.19. The van der Waals surface area contributed by atoms with Gasteiger partial charge in [0.25, 0.3) is 5.91 Å². The van der Waals surface area contributed by atoms with Crippen LogP contribution < -0.4 is 15.1 Å². The molecule has 0 bridgehead atoms. The van der Waals surface area contributed by atoms with Crippen molar-refractivity contribution in [3.05, 3.63) is 24.0 Å². The Hall–Kier alpha value is -1.77. The molecule has 1 aromatic rings. The van der Waals surface area contributed by atoms with Crippen molar-refractivity contribution in [2.24, 2.45) is 0 Å². The average molecular weight is 406 g/mol. The van der Waals surface area contributed by atoms with E-state index in [-0.39, 0.29) is 13.1 Å². The first-order valence-electron chi connectivity index (χ1n) is 8.12. The van der Waals surface area contributed by atoms with Crippen molar-refractivity contribution in [2.75, 3.05) is 49.2 Å². The van der Waals surface area contributed by atoms with Crippen LogP contribution in [0, 0.1) is 5.82 Å². The smallest absolute Gasteiger partial charge is 0.414 e. The van der Waals surface area contributed by atoms with Crippen LogP contribution in [0.4, 0.5) is 20.6 Å². The fraction of sp³-hybridized carbons (Fsp3) is 0.500. The van der Waals surface area contributed by atoms with Crippen molar-refractivity contribution in [1.29, 1.82) is 0 Å². The van der Waals surface area contributed by atoms with Crippen molar-refractivity contribution in [3.8, 4) is 0 Å². The molecule has 2 amide bonds. The maximum atomic E-state index is 14.5. The number of alkyl halides is 2. The van der Waals surface area contributed by atoms with Crippen molar-refractivity contribution < 1.29 is 23.5 Å². The van der Waals surface area contributed by atoms with Crippen molar-refractivity contribution >= 4 is 46.6 Å². The summed E-state index contributed by atoms with van der Waals surface area (Å²) in [7, 11) is 0. The number of rotatable bonds is 5. The summed E-state index contributed by atoms with van der Waals surface area (Å²) in [5.41, 5.74) is 0.870. The van der Waals surface area contributed by atoms with E-state index in [0.29, 0.717) is 37.7 Å². The maximum Gasteiger partial charge on any atom is 0.414 e. The normalized spacial score (nSPS) is 20.5. The Balaban J connectivity index is 1.64. The molecule has 1 N–H and O–H groups in total. The zero-order chi connectivity index (χ0) is 18.7. The quantitative estimate of drug-likeness (QED) is 0.757. The summed E-state index contributed by atoms with van der Waals surface area (Å²) in [4.78, 5) is 25.5. The number of nitrogens with zero attached hydrogens (tertiary/aromatic N) is 2. The summed E-state index contributed by atoms with van der Waals surface area (Å²) >= 11 is 10.9. The van der Waals surface area contributed by atoms with E-state index in [1.807, 2.05) is 4.90 Å². The number of carbonyl (C=O) groups excluding carboxylic acids is 2. The lowest BCUT2D eigenvalue weighted by molar-refractivity contribution is -0.119. The molecule has 7 nitrogen and oxygen atoms in total. The van der Waals surface area contributed by atoms with Gasteiger partial charge in [-0.2, -0.15) is 0 Å². The first-order chi connectivity index (χ1) is 12.5. The number of amides is 2. The second-order valence-electron chi connectivity index (χ2n) is 5.90. The molecular weight excluding hydrogens is 388 g/mol. The van der Waals surface area contributed by atoms with Crippen LogP contribution in [0.3, 0.4) is 0 Å². The van der Waals surface area contributed by atoms with E-state index in [1.54, 1.807) is 12.1 Å². The Bertz CT molecular complexity index is 685. The maximum absolute atomic E-state index is 14.5. The number of cyclic esters (lactones) is 1. The second kappa shape index (κ2) is 8.28. The summed E-state index contributed by atoms with van der Waals surface area (Å²) < 4.78 is 25.0. The highest BCUT2D eigenvalue weighted by molar-refractivity contribution is 6.53. The molecule has 2 heterocycles. The highest BCUT2D eigenvalue weighted by Gasteiger charge is 2.33. The van der Waals surface area contributed by atoms with E-state index in [2.05, 4.69) is 5.32 Å². The molecule has 0 aromatic heterocycles. The average Bonchev–Trinajstić information content (AvgIpc) is 3.01. The van der Waals surface area contributed by atoms with Crippen molar-refractivity contribution in [2.45, 2.75) is 10.9 Å². The van der Waals surface area contributed by atoms with Gasteiger partial charge in [-0.1, -0.05) is 23.2 Å². The van der Waals surface area contributed by atoms with Gasteiger partial charge in [-0.25, -0.2) is 9.18 Å². The van der Waals surface area contributed by atoms with Crippen LogP contribution in [-0.2, 0) is 14.3 Å². The number of nitrogens with one attached hydrogen (secondary N) is 1. The van der Waals surface area contributed by atoms with Gasteiger partial charge < -0.3 is 19.7 Å². The third-order valence-electron chi connectivity index (χ3n) is 4.17. The molecule has 2 aliphatic heterocycles. The second-order valence-corrected chi connectivity index (χ2v) is 6.99. The van der Waals surface area contributed by atoms with Gasteiger partial charge >= 0.3 is 6.09 Å². The van der Waals surface area contributed by atoms with Gasteiger partial charge in [0.15, 0.2) is 4.84 Å². The van der Waals surface area contributed by atoms with Gasteiger partial charge in [-0.15, -0.1) is 0 Å². The number of anilines is 2. The van der Waals surface area contributed by atoms with Gasteiger partial charge in [-0.05, 0) is 18.2 Å². The molecule has 2 saturated heterocycles. The largest absolute Gasteiger partial charge is 0.442 e. The number of carbonyl (C=O) groups is 2. The molecular formula is C16H18Cl2FN3O4. The number of hydrogen-bond acceptors (Lipinski definition) is 5. The van der Waals surface area contributed by atoms with E-state index in [0.717, 1.165) is 0 Å². The molecule has 0 spiro atoms. The molecule has 1 unspecified atom stereocenters. The minimum Gasteiger partial charge on any atom is -0.442 e. The molecule has 26 heavy (non-hydrogen) atoms. The molecule has 0 radical (unpaired) electrons. The molecule has 3 rings (SSSR count). The third kappa shape index (κ3) is 4.31. The van der Waals surface area contributed by atoms with E-state index in [4.69, 9.17) is 32.7 Å². The van der Waals surface area contributed by atoms with E-state index >= 15 is 0 Å². The SMILES string of the molecule is O=C(NCC1CN(c2ccc(N3CCOCC3)c(F)c2)C(=O)O1)C(Cl)Cl. The Morgan fingerprint density at radius 1 is 1.35 bits per heavy atom. The Labute approximate surface area is 159 Å². The van der Waals surface area contributed by atoms with E-state index in [9.17, 15) is 14.0 Å². The van der Waals surface area contributed by atoms with Crippen LogP contribution in [-0.4, -0.2) is 62.3 Å². The van der Waals surface area contributed by atoms with Crippen molar-refractivity contribution in [1.82, 2.24) is 5.32 Å². The van der Waals surface area contributed by atoms with E-state index in [1.165, 1.54) is 11.0 Å². The van der Waals surface area contributed by atoms with Gasteiger partial charge in [-0.3, -0.25) is 9.69 Å². The van der Waals surface area contributed by atoms with Crippen LogP contribution in [0.25, 0.3) is 0 Å². The van der Waals surface area contributed by atoms with Gasteiger partial charge in [0.2, 0.25) is 0 Å². The fourth-order valence-corrected chi connectivity index (χ4v) is 3.01. The lowest BCUT2D eigenvalue weighted by atomic mass is 10.2. The molecule has 1 aromatic carbocycles. The standard InChI is InChI=1S/C16H18Cl2FN3O4/c17-14(18)15(23)20-8-11-9-22(16(24)26-11)10-1-2-13(12(19)7-10)21-3-5-25-6-4-21/h1-2,7,11,14H,3-6,8-9H2,(H,20,23). The zero-order valence-electron chi connectivity index (χ0n) is 13.8. The number of benzene rings is 1. The van der Waals surface area contributed by atoms with Gasteiger partial charge in [0.1, 0.15) is 11.9 Å². The summed E-state index contributed by atoms with van der Waals surface area (Å²) in [5, 5.41) is 2.48. The molecule has 2 fully saturated rings. The first-order valence-corrected chi connectivity index (χ1v) is 8.99. The molecule has 1 atom stereocenters. The van der Waals surface area contributed by atoms with E-state index < -0.39 is 28.8 Å². The summed E-state index contributed by atoms with van der Waals surface area (Å²) in [6.45, 7) is 2.60. The van der Waals surface area contributed by atoms with Crippen LogP contribution in [0.2, 0.25) is 0 Å². The van der Waals surface area contributed by atoms with Gasteiger partial charge in [0.05, 0.1) is 37.7 Å². The Morgan fingerprint density at radius 3 is 2.73 bits per heavy atom. The fourth-order valence-electron chi connectivity index (χ4n) is 2.85. The summed E-state index contributed by atoms with van der Waals surface area (Å²) in [6, 6.07) is 4.62. The number of ether oxygens (including phenoxy) is 2. The molecule has 0 saturated carbocycles. The molecule has 0 aliphatic carbocycles. The lowest BCUT2D eigenvalue weighted by Crippen LogP contribution is -2.37.